The molecular formula is C10H10BrN3O2S2. The summed E-state index contributed by atoms with van der Waals surface area (Å²) < 4.78 is 34.7. The van der Waals surface area contributed by atoms with E-state index in [1.165, 1.54) is 4.31 Å². The highest BCUT2D eigenvalue weighted by Crippen LogP contribution is 2.39. The Kier molecular flexibility index (Phi) is 3.13. The van der Waals surface area contributed by atoms with Crippen molar-refractivity contribution >= 4 is 48.7 Å². The molecule has 18 heavy (non-hydrogen) atoms. The number of benzene rings is 1. The zero-order valence-electron chi connectivity index (χ0n) is 9.28. The summed E-state index contributed by atoms with van der Waals surface area (Å²) in [6.07, 6.45) is 0.838. The minimum Gasteiger partial charge on any atom is -0.207 e. The van der Waals surface area contributed by atoms with Crippen molar-refractivity contribution in [2.24, 2.45) is 8.73 Å². The molecule has 0 aromatic heterocycles. The summed E-state index contributed by atoms with van der Waals surface area (Å²) in [6.45, 7) is 1.06. The van der Waals surface area contributed by atoms with Crippen molar-refractivity contribution in [2.45, 2.75) is 16.1 Å². The van der Waals surface area contributed by atoms with Crippen LogP contribution in [0.15, 0.2) is 31.8 Å². The van der Waals surface area contributed by atoms with Gasteiger partial charge in [0.2, 0.25) is 10.0 Å². The van der Waals surface area contributed by atoms with Gasteiger partial charge in [-0.05, 0) is 18.6 Å². The molecule has 96 valence electrons. The summed E-state index contributed by atoms with van der Waals surface area (Å²) in [5, 5.41) is 0. The average Bonchev–Trinajstić information content (AvgIpc) is 2.96. The highest BCUT2D eigenvalue weighted by Gasteiger charge is 2.33. The minimum absolute atomic E-state index is 0.236. The maximum absolute atomic E-state index is 12.5. The number of fused-ring (bicyclic) bond motifs is 1. The molecule has 0 spiro atoms. The van der Waals surface area contributed by atoms with Crippen LogP contribution >= 0.6 is 15.9 Å². The number of sulfonamides is 1. The maximum atomic E-state index is 12.5. The van der Waals surface area contributed by atoms with Crippen LogP contribution in [0.3, 0.4) is 0 Å². The highest BCUT2D eigenvalue weighted by molar-refractivity contribution is 9.09. The van der Waals surface area contributed by atoms with Gasteiger partial charge in [0.05, 0.1) is 11.4 Å². The number of alkyl halides is 1. The molecule has 2 aliphatic heterocycles. The van der Waals surface area contributed by atoms with Gasteiger partial charge in [0, 0.05) is 17.9 Å². The first kappa shape index (κ1) is 12.5. The van der Waals surface area contributed by atoms with E-state index in [1.807, 2.05) is 0 Å². The van der Waals surface area contributed by atoms with Crippen molar-refractivity contribution in [3.8, 4) is 0 Å². The van der Waals surface area contributed by atoms with E-state index in [2.05, 4.69) is 24.7 Å². The number of hydrogen-bond donors (Lipinski definition) is 0. The zero-order valence-corrected chi connectivity index (χ0v) is 12.5. The molecule has 1 saturated heterocycles. The molecule has 2 heterocycles. The number of hydrogen-bond acceptors (Lipinski definition) is 4. The molecule has 1 atom stereocenters. The molecule has 1 aromatic carbocycles. The second kappa shape index (κ2) is 4.52. The Morgan fingerprint density at radius 2 is 2.22 bits per heavy atom. The first-order chi connectivity index (χ1) is 8.59. The van der Waals surface area contributed by atoms with Gasteiger partial charge in [-0.3, -0.25) is 0 Å². The summed E-state index contributed by atoms with van der Waals surface area (Å²) >= 11 is 4.49. The minimum atomic E-state index is -3.46. The van der Waals surface area contributed by atoms with Crippen molar-refractivity contribution in [3.63, 3.8) is 0 Å². The summed E-state index contributed by atoms with van der Waals surface area (Å²) in [5.74, 6) is 0. The normalized spacial score (nSPS) is 23.1. The van der Waals surface area contributed by atoms with Gasteiger partial charge in [-0.25, -0.2) is 8.42 Å². The van der Waals surface area contributed by atoms with Gasteiger partial charge in [0.25, 0.3) is 0 Å². The molecule has 0 N–H and O–H groups in total. The van der Waals surface area contributed by atoms with Crippen LogP contribution in [0.5, 0.6) is 0 Å². The van der Waals surface area contributed by atoms with Crippen molar-refractivity contribution in [1.29, 1.82) is 0 Å². The first-order valence-electron chi connectivity index (χ1n) is 5.44. The fraction of sp³-hybridized carbons (Fsp3) is 0.400. The smallest absolute Gasteiger partial charge is 0.207 e. The van der Waals surface area contributed by atoms with Gasteiger partial charge in [0.1, 0.15) is 16.3 Å². The lowest BCUT2D eigenvalue weighted by molar-refractivity contribution is 0.478. The van der Waals surface area contributed by atoms with Crippen LogP contribution in [0.25, 0.3) is 0 Å². The lowest BCUT2D eigenvalue weighted by Crippen LogP contribution is -2.29. The van der Waals surface area contributed by atoms with E-state index in [0.717, 1.165) is 17.8 Å². The van der Waals surface area contributed by atoms with Crippen LogP contribution in [0.4, 0.5) is 11.4 Å². The largest absolute Gasteiger partial charge is 0.245 e. The quantitative estimate of drug-likeness (QED) is 0.783. The van der Waals surface area contributed by atoms with Gasteiger partial charge < -0.3 is 0 Å². The second-order valence-electron chi connectivity index (χ2n) is 4.14. The summed E-state index contributed by atoms with van der Waals surface area (Å²) in [7, 11) is -3.46. The van der Waals surface area contributed by atoms with Crippen molar-refractivity contribution in [2.75, 3.05) is 13.1 Å². The van der Waals surface area contributed by atoms with Crippen molar-refractivity contribution in [3.05, 3.63) is 18.2 Å². The van der Waals surface area contributed by atoms with E-state index in [1.54, 1.807) is 18.2 Å². The van der Waals surface area contributed by atoms with Crippen LogP contribution in [-0.2, 0) is 21.4 Å². The Hall–Kier alpha value is -0.570. The predicted molar refractivity (Wildman–Crippen MR) is 74.1 cm³/mol. The van der Waals surface area contributed by atoms with Crippen LogP contribution in [0.2, 0.25) is 0 Å². The van der Waals surface area contributed by atoms with E-state index in [0.29, 0.717) is 24.5 Å². The van der Waals surface area contributed by atoms with Crippen LogP contribution in [0, 0.1) is 0 Å². The first-order valence-corrected chi connectivity index (χ1v) is 8.53. The molecule has 0 radical (unpaired) electrons. The third kappa shape index (κ3) is 1.97. The van der Waals surface area contributed by atoms with Crippen LogP contribution < -0.4 is 0 Å². The van der Waals surface area contributed by atoms with E-state index in [-0.39, 0.29) is 9.72 Å². The standard InChI is InChI=1S/C10H10BrN3O2S2/c11-7-4-5-14(6-7)18(15,16)9-3-1-2-8-10(9)13-17-12-8/h1-3,7H,4-6H2. The summed E-state index contributed by atoms with van der Waals surface area (Å²) in [6, 6.07) is 5.08. The molecule has 1 fully saturated rings. The molecule has 0 saturated carbocycles. The van der Waals surface area contributed by atoms with E-state index < -0.39 is 10.0 Å². The number of rotatable bonds is 2. The van der Waals surface area contributed by atoms with Gasteiger partial charge in [-0.1, -0.05) is 22.0 Å². The van der Waals surface area contributed by atoms with Crippen molar-refractivity contribution in [1.82, 2.24) is 4.31 Å². The monoisotopic (exact) mass is 347 g/mol. The molecule has 8 heteroatoms. The Bertz CT molecular complexity index is 668. The third-order valence-electron chi connectivity index (χ3n) is 2.96. The SMILES string of the molecule is O=S(=O)(c1cccc2c1N=S=N2)N1CCC(Br)C1. The van der Waals surface area contributed by atoms with E-state index in [4.69, 9.17) is 0 Å². The van der Waals surface area contributed by atoms with E-state index >= 15 is 0 Å². The molecule has 0 amide bonds. The zero-order chi connectivity index (χ0) is 12.8. The predicted octanol–water partition coefficient (Wildman–Crippen LogP) is 2.57. The number of nitrogens with zero attached hydrogens (tertiary/aromatic N) is 3. The fourth-order valence-corrected chi connectivity index (χ4v) is 5.03. The Balaban J connectivity index is 2.06. The lowest BCUT2D eigenvalue weighted by Gasteiger charge is -2.16. The lowest BCUT2D eigenvalue weighted by atomic mass is 10.3. The molecule has 3 rings (SSSR count). The van der Waals surface area contributed by atoms with Gasteiger partial charge in [-0.15, -0.1) is 0 Å². The number of halogens is 1. The fourth-order valence-electron chi connectivity index (χ4n) is 2.03. The average molecular weight is 348 g/mol. The Morgan fingerprint density at radius 3 is 2.94 bits per heavy atom. The Labute approximate surface area is 117 Å². The van der Waals surface area contributed by atoms with Crippen LogP contribution in [0.1, 0.15) is 6.42 Å². The van der Waals surface area contributed by atoms with Gasteiger partial charge in [-0.2, -0.15) is 13.0 Å². The second-order valence-corrected chi connectivity index (χ2v) is 7.87. The molecule has 2 aliphatic rings. The molecule has 1 unspecified atom stereocenters. The van der Waals surface area contributed by atoms with Crippen LogP contribution in [-0.4, -0.2) is 30.6 Å². The maximum Gasteiger partial charge on any atom is 0.245 e. The van der Waals surface area contributed by atoms with E-state index in [9.17, 15) is 8.42 Å². The Morgan fingerprint density at radius 1 is 1.39 bits per heavy atom. The van der Waals surface area contributed by atoms with Gasteiger partial charge in [0.15, 0.2) is 0 Å². The van der Waals surface area contributed by atoms with Gasteiger partial charge >= 0.3 is 0 Å². The molecule has 5 nitrogen and oxygen atoms in total. The summed E-state index contributed by atoms with van der Waals surface area (Å²) in [5.41, 5.74) is 1.11. The summed E-state index contributed by atoms with van der Waals surface area (Å²) in [4.78, 5) is 0.496. The molecular weight excluding hydrogens is 338 g/mol. The van der Waals surface area contributed by atoms with Crippen molar-refractivity contribution < 1.29 is 8.42 Å². The highest BCUT2D eigenvalue weighted by atomic mass is 79.9. The molecule has 0 bridgehead atoms. The topological polar surface area (TPSA) is 62.1 Å². The third-order valence-corrected chi connectivity index (χ3v) is 6.15. The molecule has 1 aromatic rings. The molecule has 0 aliphatic carbocycles.